The summed E-state index contributed by atoms with van der Waals surface area (Å²) in [5.41, 5.74) is -1.40. The molecule has 2 saturated heterocycles. The van der Waals surface area contributed by atoms with Gasteiger partial charge in [0.15, 0.2) is 5.60 Å². The number of para-hydroxylation sites is 1. The van der Waals surface area contributed by atoms with Gasteiger partial charge in [-0.15, -0.1) is 0 Å². The zero-order valence-corrected chi connectivity index (χ0v) is 39.7. The monoisotopic (exact) mass is 891 g/mol. The van der Waals surface area contributed by atoms with Crippen LogP contribution in [0.2, 0.25) is 0 Å². The highest BCUT2D eigenvalue weighted by atomic mass is 16.5. The molecule has 12 atom stereocenters. The molecule has 10 rings (SSSR count). The Labute approximate surface area is 385 Å². The average molecular weight is 891 g/mol. The third kappa shape index (κ3) is 6.24. The van der Waals surface area contributed by atoms with E-state index >= 15 is 9.59 Å². The fraction of sp³-hybridized carbons (Fsp3) is 0.642. The van der Waals surface area contributed by atoms with Crippen molar-refractivity contribution in [3.05, 3.63) is 77.4 Å². The van der Waals surface area contributed by atoms with E-state index in [9.17, 15) is 15.3 Å². The number of ether oxygens (including phenoxy) is 2. The predicted octanol–water partition coefficient (Wildman–Crippen LogP) is 5.78. The minimum absolute atomic E-state index is 0.200. The predicted molar refractivity (Wildman–Crippen MR) is 252 cm³/mol. The van der Waals surface area contributed by atoms with Crippen molar-refractivity contribution in [1.82, 2.24) is 20.1 Å². The average Bonchev–Trinajstić information content (AvgIpc) is 3.98. The summed E-state index contributed by atoms with van der Waals surface area (Å²) in [4.78, 5) is 41.5. The van der Waals surface area contributed by atoms with Gasteiger partial charge in [-0.05, 0) is 93.0 Å². The van der Waals surface area contributed by atoms with Crippen LogP contribution in [0.5, 0.6) is 5.75 Å². The van der Waals surface area contributed by atoms with Crippen molar-refractivity contribution >= 4 is 28.5 Å². The number of fused-ring (bicyclic) bond motifs is 6. The van der Waals surface area contributed by atoms with E-state index in [1.54, 1.807) is 7.11 Å². The number of methoxy groups -OCH3 is 2. The highest BCUT2D eigenvalue weighted by Gasteiger charge is 2.79. The summed E-state index contributed by atoms with van der Waals surface area (Å²) in [5.74, 6) is 0.00801. The van der Waals surface area contributed by atoms with Crippen LogP contribution in [-0.2, 0) is 31.6 Å². The van der Waals surface area contributed by atoms with Gasteiger partial charge in [0.05, 0.1) is 25.9 Å². The van der Waals surface area contributed by atoms with Crippen molar-refractivity contribution in [2.24, 2.45) is 23.2 Å². The molecular weight excluding hydrogens is 819 g/mol. The first-order chi connectivity index (χ1) is 31.2. The molecule has 7 aliphatic rings. The van der Waals surface area contributed by atoms with Crippen LogP contribution in [0.15, 0.2) is 48.6 Å². The third-order valence-corrected chi connectivity index (χ3v) is 18.5. The van der Waals surface area contributed by atoms with E-state index < -0.39 is 51.5 Å². The van der Waals surface area contributed by atoms with Crippen LogP contribution in [0, 0.1) is 29.6 Å². The molecule has 1 amide bonds. The number of carbonyl (C=O) groups is 2. The Kier molecular flexibility index (Phi) is 11.1. The fourth-order valence-electron chi connectivity index (χ4n) is 15.3. The second-order valence-corrected chi connectivity index (χ2v) is 21.4. The molecule has 351 valence electrons. The summed E-state index contributed by atoms with van der Waals surface area (Å²) in [6, 6.07) is 11.0. The number of nitrogens with zero attached hydrogens (tertiary/aromatic N) is 3. The van der Waals surface area contributed by atoms with Crippen LogP contribution >= 0.6 is 0 Å². The Hall–Kier alpha value is -3.94. The number of hydrogen-bond acceptors (Lipinski definition) is 10. The van der Waals surface area contributed by atoms with Crippen LogP contribution in [-0.4, -0.2) is 131 Å². The standard InChI is InChI=1S/C53H72N5O7/c1-8-49(62)28-34-29-52(48(61)65-7,43-37(20-24-57(30-34)31-49)36-18-13-14-19-40(36)55-43)39-26-38-41(27-42(39)64-6)56(5)45-51(38)22-25-58-23-15-21-50(9-2,44(51)58)46(59)53(45,63)47(60)54-33(4)32(3)35-16-11-10-12-17-35/h13-15,18-19,21,26-28,32-35,44-46,55,59,62-63H,8-12,16-17,20,22-25,29-31H2,1-7H3,(H,54,60)/t32-,33-,34?,44?,45?,46-,49+,50-,51?,52+,53+/m1/s1. The van der Waals surface area contributed by atoms with E-state index in [-0.39, 0.29) is 23.9 Å². The second kappa shape index (κ2) is 16.1. The number of aromatic nitrogens is 1. The molecule has 2 bridgehead atoms. The summed E-state index contributed by atoms with van der Waals surface area (Å²) in [6.07, 6.45) is 13.4. The van der Waals surface area contributed by atoms with Gasteiger partial charge < -0.3 is 40.0 Å². The molecule has 2 aliphatic carbocycles. The molecule has 5 unspecified atom stereocenters. The molecule has 5 aliphatic heterocycles. The molecule has 2 saturated carbocycles. The van der Waals surface area contributed by atoms with Crippen molar-refractivity contribution in [1.29, 1.82) is 0 Å². The van der Waals surface area contributed by atoms with E-state index in [4.69, 9.17) is 9.47 Å². The van der Waals surface area contributed by atoms with Gasteiger partial charge in [0, 0.05) is 90.1 Å². The Balaban J connectivity index is 1.20. The maximum atomic E-state index is 15.5. The quantitative estimate of drug-likeness (QED) is 0.132. The van der Waals surface area contributed by atoms with Crippen LogP contribution in [0.3, 0.4) is 0 Å². The number of amides is 1. The molecule has 1 aromatic heterocycles. The normalized spacial score (nSPS) is 37.5. The molecule has 12 nitrogen and oxygen atoms in total. The van der Waals surface area contributed by atoms with Crippen molar-refractivity contribution in [3.8, 4) is 5.75 Å². The number of rotatable bonds is 9. The van der Waals surface area contributed by atoms with Gasteiger partial charge in [-0.3, -0.25) is 19.4 Å². The van der Waals surface area contributed by atoms with Gasteiger partial charge in [0.2, 0.25) is 0 Å². The highest BCUT2D eigenvalue weighted by Crippen LogP contribution is 2.67. The molecule has 65 heavy (non-hydrogen) atoms. The van der Waals surface area contributed by atoms with Crippen molar-refractivity contribution in [2.75, 3.05) is 58.9 Å². The fourth-order valence-corrected chi connectivity index (χ4v) is 15.3. The molecule has 1 radical (unpaired) electrons. The maximum absolute atomic E-state index is 15.5. The van der Waals surface area contributed by atoms with Gasteiger partial charge in [-0.25, -0.2) is 0 Å². The summed E-state index contributed by atoms with van der Waals surface area (Å²) >= 11 is 0. The van der Waals surface area contributed by atoms with Gasteiger partial charge in [0.1, 0.15) is 17.3 Å². The van der Waals surface area contributed by atoms with Gasteiger partial charge in [-0.2, -0.15) is 0 Å². The minimum Gasteiger partial charge on any atom is -0.496 e. The number of aliphatic hydroxyl groups excluding tert-OH is 1. The Morgan fingerprint density at radius 2 is 1.77 bits per heavy atom. The highest BCUT2D eigenvalue weighted by molar-refractivity contribution is 5.95. The lowest BCUT2D eigenvalue weighted by atomic mass is 9.47. The SMILES string of the molecule is CC[C@]1(O)[CH]C2CN(CCc3c([nH]c4ccccc34)[C@@](C(=O)OC)(c3cc4c(cc3OC)N(C)C3C45CCN4CC=C[C@](CC)(C45)[C@@H](O)[C@]3(O)C(=O)N[C@H](C)[C@@H](C)C3CCCCC3)C2)C1. The molecule has 4 fully saturated rings. The molecule has 3 aromatic rings. The van der Waals surface area contributed by atoms with E-state index in [1.165, 1.54) is 26.4 Å². The van der Waals surface area contributed by atoms with E-state index in [0.29, 0.717) is 82.1 Å². The number of nitrogens with one attached hydrogen (secondary N) is 2. The van der Waals surface area contributed by atoms with Crippen molar-refractivity contribution in [2.45, 2.75) is 138 Å². The summed E-state index contributed by atoms with van der Waals surface area (Å²) in [5, 5.41) is 43.1. The summed E-state index contributed by atoms with van der Waals surface area (Å²) < 4.78 is 12.5. The number of hydrogen-bond donors (Lipinski definition) is 5. The number of benzene rings is 2. The molecular formula is C53H72N5O7. The van der Waals surface area contributed by atoms with E-state index in [0.717, 1.165) is 46.3 Å². The molecule has 12 heteroatoms. The number of likely N-dealkylation sites (N-methyl/N-ethyl adjacent to an activating group) is 1. The van der Waals surface area contributed by atoms with Crippen LogP contribution in [0.25, 0.3) is 10.9 Å². The second-order valence-electron chi connectivity index (χ2n) is 21.4. The molecule has 1 spiro atoms. The first-order valence-electron chi connectivity index (χ1n) is 24.8. The first-order valence-corrected chi connectivity index (χ1v) is 24.8. The number of aliphatic hydroxyl groups is 3. The lowest BCUT2D eigenvalue weighted by Crippen LogP contribution is -2.82. The minimum atomic E-state index is -2.22. The topological polar surface area (TPSA) is 151 Å². The van der Waals surface area contributed by atoms with Gasteiger partial charge in [-0.1, -0.05) is 83.2 Å². The third-order valence-electron chi connectivity index (χ3n) is 18.5. The Morgan fingerprint density at radius 3 is 2.49 bits per heavy atom. The lowest BCUT2D eigenvalue weighted by molar-refractivity contribution is -0.204. The molecule has 6 heterocycles. The van der Waals surface area contributed by atoms with Crippen LogP contribution < -0.4 is 15.0 Å². The van der Waals surface area contributed by atoms with Gasteiger partial charge in [0.25, 0.3) is 5.91 Å². The lowest BCUT2D eigenvalue weighted by Gasteiger charge is -2.63. The number of piperidine rings is 1. The van der Waals surface area contributed by atoms with Crippen LogP contribution in [0.4, 0.5) is 5.69 Å². The summed E-state index contributed by atoms with van der Waals surface area (Å²) in [6.45, 7) is 11.6. The zero-order valence-electron chi connectivity index (χ0n) is 39.7. The van der Waals surface area contributed by atoms with E-state index in [1.807, 2.05) is 37.1 Å². The number of H-pyrrole nitrogens is 1. The summed E-state index contributed by atoms with van der Waals surface area (Å²) in [7, 11) is 5.03. The van der Waals surface area contributed by atoms with E-state index in [2.05, 4.69) is 77.6 Å². The van der Waals surface area contributed by atoms with Crippen LogP contribution in [0.1, 0.15) is 108 Å². The first kappa shape index (κ1) is 44.9. The molecule has 5 N–H and O–H groups in total. The Morgan fingerprint density at radius 1 is 1.00 bits per heavy atom. The number of carbonyl (C=O) groups excluding carboxylic acids is 2. The maximum Gasteiger partial charge on any atom is 0.322 e. The number of aromatic amines is 1. The Bertz CT molecular complexity index is 2380. The smallest absolute Gasteiger partial charge is 0.322 e. The number of anilines is 1. The zero-order chi connectivity index (χ0) is 45.8. The van der Waals surface area contributed by atoms with Crippen molar-refractivity contribution in [3.63, 3.8) is 0 Å². The largest absolute Gasteiger partial charge is 0.496 e. The van der Waals surface area contributed by atoms with Gasteiger partial charge >= 0.3 is 5.97 Å². The molecule has 2 aromatic carbocycles. The number of esters is 1. The van der Waals surface area contributed by atoms with Crippen molar-refractivity contribution < 1.29 is 34.4 Å².